The first-order valence-corrected chi connectivity index (χ1v) is 6.71. The topological polar surface area (TPSA) is 54.5 Å². The summed E-state index contributed by atoms with van der Waals surface area (Å²) in [7, 11) is 1.36. The fourth-order valence-electron chi connectivity index (χ4n) is 2.51. The molecule has 1 aliphatic rings. The van der Waals surface area contributed by atoms with E-state index < -0.39 is 5.97 Å². The number of aromatic nitrogens is 1. The van der Waals surface area contributed by atoms with Crippen molar-refractivity contribution in [2.75, 3.05) is 12.5 Å². The highest BCUT2D eigenvalue weighted by atomic mass is 16.5. The van der Waals surface area contributed by atoms with E-state index in [0.717, 1.165) is 5.69 Å². The van der Waals surface area contributed by atoms with E-state index in [2.05, 4.69) is 34.0 Å². The number of carbonyl (C=O) groups excluding carboxylic acids is 1. The average Bonchev–Trinajstić information content (AvgIpc) is 2.42. The summed E-state index contributed by atoms with van der Waals surface area (Å²) in [4.78, 5) is 15.5. The molecular formula is C14H21N3O2. The maximum absolute atomic E-state index is 11.5. The minimum atomic E-state index is -0.414. The van der Waals surface area contributed by atoms with E-state index in [1.165, 1.54) is 26.4 Å². The van der Waals surface area contributed by atoms with Crippen molar-refractivity contribution < 1.29 is 9.53 Å². The Balaban J connectivity index is 2.12. The molecule has 5 nitrogen and oxygen atoms in total. The van der Waals surface area contributed by atoms with Gasteiger partial charge in [0.2, 0.25) is 0 Å². The lowest BCUT2D eigenvalue weighted by Gasteiger charge is -2.39. The lowest BCUT2D eigenvalue weighted by atomic mass is 10.00. The Bertz CT molecular complexity index is 440. The molecule has 2 atom stereocenters. The van der Waals surface area contributed by atoms with Gasteiger partial charge in [-0.1, -0.05) is 6.42 Å². The van der Waals surface area contributed by atoms with E-state index in [4.69, 9.17) is 0 Å². The van der Waals surface area contributed by atoms with Gasteiger partial charge in [0.05, 0.1) is 12.8 Å². The van der Waals surface area contributed by atoms with Crippen LogP contribution in [0, 0.1) is 0 Å². The molecule has 0 amide bonds. The van der Waals surface area contributed by atoms with E-state index in [1.54, 1.807) is 12.3 Å². The molecule has 0 aliphatic carbocycles. The van der Waals surface area contributed by atoms with Crippen molar-refractivity contribution in [3.05, 3.63) is 24.0 Å². The highest BCUT2D eigenvalue weighted by Crippen LogP contribution is 2.23. The number of pyridine rings is 1. The standard InChI is InChI=1S/C14H21N3O2/c1-10-5-4-6-11(2)17(10)16-12-7-8-15-13(9-12)14(18)19-3/h7-11H,4-6H2,1-3H3,(H,15,16). The van der Waals surface area contributed by atoms with Crippen molar-refractivity contribution in [1.82, 2.24) is 9.99 Å². The van der Waals surface area contributed by atoms with Crippen molar-refractivity contribution in [2.45, 2.75) is 45.2 Å². The van der Waals surface area contributed by atoms with Crippen LogP contribution in [0.15, 0.2) is 18.3 Å². The van der Waals surface area contributed by atoms with Gasteiger partial charge in [-0.3, -0.25) is 0 Å². The molecule has 2 heterocycles. The minimum Gasteiger partial charge on any atom is -0.464 e. The van der Waals surface area contributed by atoms with E-state index in [-0.39, 0.29) is 0 Å². The van der Waals surface area contributed by atoms with E-state index in [0.29, 0.717) is 17.8 Å². The predicted molar refractivity (Wildman–Crippen MR) is 73.8 cm³/mol. The molecular weight excluding hydrogens is 242 g/mol. The number of hydrazine groups is 1. The first-order valence-electron chi connectivity index (χ1n) is 6.71. The molecule has 0 bridgehead atoms. The molecule has 1 saturated heterocycles. The second-order valence-electron chi connectivity index (χ2n) is 5.07. The van der Waals surface area contributed by atoms with Crippen LogP contribution >= 0.6 is 0 Å². The van der Waals surface area contributed by atoms with Gasteiger partial charge in [0.1, 0.15) is 5.69 Å². The number of hydrogen-bond acceptors (Lipinski definition) is 5. The SMILES string of the molecule is COC(=O)c1cc(NN2C(C)CCCC2C)ccn1. The second kappa shape index (κ2) is 6.02. The highest BCUT2D eigenvalue weighted by molar-refractivity contribution is 5.88. The molecule has 0 saturated carbocycles. The van der Waals surface area contributed by atoms with Crippen LogP contribution in [0.3, 0.4) is 0 Å². The number of nitrogens with zero attached hydrogens (tertiary/aromatic N) is 2. The number of methoxy groups -OCH3 is 1. The maximum atomic E-state index is 11.5. The molecule has 0 spiro atoms. The molecule has 2 unspecified atom stereocenters. The lowest BCUT2D eigenvalue weighted by molar-refractivity contribution is 0.0594. The van der Waals surface area contributed by atoms with Crippen LogP contribution in [-0.4, -0.2) is 35.2 Å². The third kappa shape index (κ3) is 3.23. The van der Waals surface area contributed by atoms with Crippen molar-refractivity contribution in [3.63, 3.8) is 0 Å². The predicted octanol–water partition coefficient (Wildman–Crippen LogP) is 2.46. The fraction of sp³-hybridized carbons (Fsp3) is 0.571. The van der Waals surface area contributed by atoms with Crippen LogP contribution < -0.4 is 5.43 Å². The summed E-state index contributed by atoms with van der Waals surface area (Å²) in [6, 6.07) is 4.55. The summed E-state index contributed by atoms with van der Waals surface area (Å²) in [5.41, 5.74) is 4.58. The monoisotopic (exact) mass is 263 g/mol. The molecule has 1 fully saturated rings. The third-order valence-corrected chi connectivity index (χ3v) is 3.61. The van der Waals surface area contributed by atoms with Crippen LogP contribution in [0.2, 0.25) is 0 Å². The molecule has 2 rings (SSSR count). The molecule has 5 heteroatoms. The quantitative estimate of drug-likeness (QED) is 0.849. The van der Waals surface area contributed by atoms with Crippen molar-refractivity contribution in [2.24, 2.45) is 0 Å². The number of esters is 1. The summed E-state index contributed by atoms with van der Waals surface area (Å²) in [5, 5.41) is 2.25. The number of rotatable bonds is 3. The molecule has 1 N–H and O–H groups in total. The summed E-state index contributed by atoms with van der Waals surface area (Å²) in [6.45, 7) is 4.43. The minimum absolute atomic E-state index is 0.324. The Morgan fingerprint density at radius 1 is 1.42 bits per heavy atom. The summed E-state index contributed by atoms with van der Waals surface area (Å²) in [5.74, 6) is -0.414. The van der Waals surface area contributed by atoms with Crippen molar-refractivity contribution >= 4 is 11.7 Å². The van der Waals surface area contributed by atoms with E-state index in [1.807, 2.05) is 6.07 Å². The normalized spacial score (nSPS) is 23.9. The number of ether oxygens (including phenoxy) is 1. The first kappa shape index (κ1) is 13.8. The van der Waals surface area contributed by atoms with Crippen LogP contribution in [-0.2, 0) is 4.74 Å². The zero-order chi connectivity index (χ0) is 13.8. The zero-order valence-corrected chi connectivity index (χ0v) is 11.7. The van der Waals surface area contributed by atoms with Crippen molar-refractivity contribution in [3.8, 4) is 0 Å². The maximum Gasteiger partial charge on any atom is 0.356 e. The first-order chi connectivity index (χ1) is 9.11. The van der Waals surface area contributed by atoms with E-state index in [9.17, 15) is 4.79 Å². The van der Waals surface area contributed by atoms with Gasteiger partial charge < -0.3 is 10.2 Å². The van der Waals surface area contributed by atoms with Gasteiger partial charge in [-0.05, 0) is 38.8 Å². The summed E-state index contributed by atoms with van der Waals surface area (Å²) < 4.78 is 4.68. The Kier molecular flexibility index (Phi) is 4.37. The summed E-state index contributed by atoms with van der Waals surface area (Å²) >= 11 is 0. The van der Waals surface area contributed by atoms with Crippen LogP contribution in [0.25, 0.3) is 0 Å². The van der Waals surface area contributed by atoms with Gasteiger partial charge in [-0.25, -0.2) is 14.8 Å². The summed E-state index contributed by atoms with van der Waals surface area (Å²) in [6.07, 6.45) is 5.26. The molecule has 0 aromatic carbocycles. The van der Waals surface area contributed by atoms with Crippen LogP contribution in [0.5, 0.6) is 0 Å². The van der Waals surface area contributed by atoms with Crippen molar-refractivity contribution in [1.29, 1.82) is 0 Å². The Morgan fingerprint density at radius 2 is 2.11 bits per heavy atom. The van der Waals surface area contributed by atoms with Gasteiger partial charge in [-0.2, -0.15) is 0 Å². The number of piperidine rings is 1. The third-order valence-electron chi connectivity index (χ3n) is 3.61. The van der Waals surface area contributed by atoms with Gasteiger partial charge in [0, 0.05) is 18.3 Å². The van der Waals surface area contributed by atoms with Gasteiger partial charge >= 0.3 is 5.97 Å². The number of nitrogens with one attached hydrogen (secondary N) is 1. The van der Waals surface area contributed by atoms with Crippen LogP contribution in [0.1, 0.15) is 43.6 Å². The largest absolute Gasteiger partial charge is 0.464 e. The second-order valence-corrected chi connectivity index (χ2v) is 5.07. The van der Waals surface area contributed by atoms with Gasteiger partial charge in [0.25, 0.3) is 0 Å². The fourth-order valence-corrected chi connectivity index (χ4v) is 2.51. The van der Waals surface area contributed by atoms with Gasteiger partial charge in [-0.15, -0.1) is 0 Å². The Hall–Kier alpha value is -1.62. The average molecular weight is 263 g/mol. The molecule has 104 valence electrons. The zero-order valence-electron chi connectivity index (χ0n) is 11.7. The molecule has 19 heavy (non-hydrogen) atoms. The molecule has 1 aliphatic heterocycles. The number of anilines is 1. The lowest BCUT2D eigenvalue weighted by Crippen LogP contribution is -2.47. The molecule has 1 aromatic rings. The number of hydrogen-bond donors (Lipinski definition) is 1. The Morgan fingerprint density at radius 3 is 2.74 bits per heavy atom. The molecule has 1 aromatic heterocycles. The van der Waals surface area contributed by atoms with Crippen LogP contribution in [0.4, 0.5) is 5.69 Å². The Labute approximate surface area is 113 Å². The molecule has 0 radical (unpaired) electrons. The highest BCUT2D eigenvalue weighted by Gasteiger charge is 2.24. The van der Waals surface area contributed by atoms with Gasteiger partial charge in [0.15, 0.2) is 0 Å². The smallest absolute Gasteiger partial charge is 0.356 e. The number of carbonyl (C=O) groups is 1. The van der Waals surface area contributed by atoms with E-state index >= 15 is 0 Å².